The number of Topliss-reactive ketones (excluding diaryl/α,β-unsaturated/α-hetero) is 1. The number of benzene rings is 1. The molecule has 3 rings (SSSR count). The van der Waals surface area contributed by atoms with Crippen molar-refractivity contribution in [2.24, 2.45) is 0 Å². The van der Waals surface area contributed by atoms with Gasteiger partial charge in [0.25, 0.3) is 0 Å². The number of hydrogen-bond acceptors (Lipinski definition) is 3. The van der Waals surface area contributed by atoms with Crippen molar-refractivity contribution in [3.63, 3.8) is 0 Å². The molecule has 6 heteroatoms. The molecular formula is C20H24FN3O2. The minimum Gasteiger partial charge on any atom is -0.354 e. The number of nitrogens with zero attached hydrogens (tertiary/aromatic N) is 2. The second-order valence-corrected chi connectivity index (χ2v) is 6.80. The van der Waals surface area contributed by atoms with Crippen LogP contribution in [0, 0.1) is 19.7 Å². The molecule has 0 unspecified atom stereocenters. The van der Waals surface area contributed by atoms with E-state index in [1.165, 1.54) is 12.1 Å². The van der Waals surface area contributed by atoms with Crippen LogP contribution in [0.5, 0.6) is 0 Å². The van der Waals surface area contributed by atoms with Crippen LogP contribution in [0.4, 0.5) is 4.39 Å². The van der Waals surface area contributed by atoms with Crippen molar-refractivity contribution in [2.75, 3.05) is 26.2 Å². The number of amides is 1. The van der Waals surface area contributed by atoms with E-state index in [0.29, 0.717) is 18.7 Å². The molecule has 0 radical (unpaired) electrons. The maximum Gasteiger partial charge on any atom is 0.234 e. The van der Waals surface area contributed by atoms with Gasteiger partial charge in [-0.3, -0.25) is 14.5 Å². The summed E-state index contributed by atoms with van der Waals surface area (Å²) in [5.41, 5.74) is 3.75. The Bertz CT molecular complexity index is 811. The molecule has 1 fully saturated rings. The number of halogens is 1. The summed E-state index contributed by atoms with van der Waals surface area (Å²) in [6, 6.07) is 8.43. The Morgan fingerprint density at radius 1 is 1.23 bits per heavy atom. The molecule has 138 valence electrons. The molecule has 0 bridgehead atoms. The molecule has 1 N–H and O–H groups in total. The smallest absolute Gasteiger partial charge is 0.234 e. The Labute approximate surface area is 152 Å². The molecule has 1 aliphatic heterocycles. The SMILES string of the molecule is Cc1cc(C(=O)CN2CCNC(=O)C2)c(C)n1CCc1ccc(F)cc1. The fourth-order valence-corrected chi connectivity index (χ4v) is 3.43. The average molecular weight is 357 g/mol. The van der Waals surface area contributed by atoms with Crippen LogP contribution in [0.3, 0.4) is 0 Å². The highest BCUT2D eigenvalue weighted by molar-refractivity contribution is 5.99. The van der Waals surface area contributed by atoms with E-state index >= 15 is 0 Å². The third-order valence-electron chi connectivity index (χ3n) is 4.90. The van der Waals surface area contributed by atoms with Crippen molar-refractivity contribution < 1.29 is 14.0 Å². The highest BCUT2D eigenvalue weighted by atomic mass is 19.1. The van der Waals surface area contributed by atoms with E-state index in [1.54, 1.807) is 12.1 Å². The Balaban J connectivity index is 1.67. The molecule has 5 nitrogen and oxygen atoms in total. The van der Waals surface area contributed by atoms with E-state index in [2.05, 4.69) is 9.88 Å². The molecule has 1 aromatic carbocycles. The minimum atomic E-state index is -0.235. The summed E-state index contributed by atoms with van der Waals surface area (Å²) in [7, 11) is 0. The number of carbonyl (C=O) groups is 2. The molecule has 0 aliphatic carbocycles. The van der Waals surface area contributed by atoms with E-state index in [0.717, 1.165) is 29.9 Å². The summed E-state index contributed by atoms with van der Waals surface area (Å²) in [4.78, 5) is 26.0. The number of aromatic nitrogens is 1. The van der Waals surface area contributed by atoms with Crippen LogP contribution in [-0.2, 0) is 17.8 Å². The molecule has 0 saturated carbocycles. The fourth-order valence-electron chi connectivity index (χ4n) is 3.43. The lowest BCUT2D eigenvalue weighted by Gasteiger charge is -2.25. The summed E-state index contributed by atoms with van der Waals surface area (Å²) in [5, 5.41) is 2.77. The second kappa shape index (κ2) is 7.83. The van der Waals surface area contributed by atoms with E-state index < -0.39 is 0 Å². The van der Waals surface area contributed by atoms with Gasteiger partial charge in [-0.25, -0.2) is 4.39 Å². The van der Waals surface area contributed by atoms with Crippen LogP contribution in [0.1, 0.15) is 27.3 Å². The molecule has 1 saturated heterocycles. The Morgan fingerprint density at radius 3 is 2.65 bits per heavy atom. The zero-order chi connectivity index (χ0) is 18.7. The Hall–Kier alpha value is -2.47. The van der Waals surface area contributed by atoms with Gasteiger partial charge in [0, 0.05) is 36.6 Å². The molecular weight excluding hydrogens is 333 g/mol. The van der Waals surface area contributed by atoms with E-state index in [-0.39, 0.29) is 30.6 Å². The minimum absolute atomic E-state index is 0.0335. The normalized spacial score (nSPS) is 15.1. The first-order chi connectivity index (χ1) is 12.4. The predicted octanol–water partition coefficient (Wildman–Crippen LogP) is 2.10. The van der Waals surface area contributed by atoms with Gasteiger partial charge in [0.1, 0.15) is 5.82 Å². The van der Waals surface area contributed by atoms with Crippen LogP contribution in [-0.4, -0.2) is 47.3 Å². The van der Waals surface area contributed by atoms with Gasteiger partial charge in [-0.15, -0.1) is 0 Å². The number of nitrogens with one attached hydrogen (secondary N) is 1. The summed E-state index contributed by atoms with van der Waals surface area (Å²) >= 11 is 0. The van der Waals surface area contributed by atoms with Gasteiger partial charge in [-0.2, -0.15) is 0 Å². The zero-order valence-electron chi connectivity index (χ0n) is 15.2. The van der Waals surface area contributed by atoms with Crippen molar-refractivity contribution >= 4 is 11.7 Å². The molecule has 26 heavy (non-hydrogen) atoms. The van der Waals surface area contributed by atoms with Crippen LogP contribution in [0.15, 0.2) is 30.3 Å². The van der Waals surface area contributed by atoms with E-state index in [9.17, 15) is 14.0 Å². The number of carbonyl (C=O) groups excluding carboxylic acids is 2. The lowest BCUT2D eigenvalue weighted by molar-refractivity contribution is -0.123. The average Bonchev–Trinajstić information content (AvgIpc) is 2.89. The zero-order valence-corrected chi connectivity index (χ0v) is 15.2. The third-order valence-corrected chi connectivity index (χ3v) is 4.90. The molecule has 1 aromatic heterocycles. The highest BCUT2D eigenvalue weighted by Gasteiger charge is 2.22. The van der Waals surface area contributed by atoms with Gasteiger partial charge in [-0.05, 0) is 44.0 Å². The summed E-state index contributed by atoms with van der Waals surface area (Å²) in [5.74, 6) is -0.226. The lowest BCUT2D eigenvalue weighted by Crippen LogP contribution is -2.49. The predicted molar refractivity (Wildman–Crippen MR) is 97.8 cm³/mol. The maximum absolute atomic E-state index is 13.0. The highest BCUT2D eigenvalue weighted by Crippen LogP contribution is 2.17. The topological polar surface area (TPSA) is 54.3 Å². The quantitative estimate of drug-likeness (QED) is 0.806. The van der Waals surface area contributed by atoms with Crippen LogP contribution in [0.25, 0.3) is 0 Å². The first-order valence-corrected chi connectivity index (χ1v) is 8.87. The van der Waals surface area contributed by atoms with Crippen molar-refractivity contribution in [1.29, 1.82) is 0 Å². The van der Waals surface area contributed by atoms with Gasteiger partial charge in [-0.1, -0.05) is 12.1 Å². The summed E-state index contributed by atoms with van der Waals surface area (Å²) in [6.07, 6.45) is 0.774. The molecule has 0 spiro atoms. The number of piperazine rings is 1. The Kier molecular flexibility index (Phi) is 5.52. The number of rotatable bonds is 6. The summed E-state index contributed by atoms with van der Waals surface area (Å²) in [6.45, 7) is 6.49. The fraction of sp³-hybridized carbons (Fsp3) is 0.400. The van der Waals surface area contributed by atoms with Crippen molar-refractivity contribution in [2.45, 2.75) is 26.8 Å². The number of aryl methyl sites for hydroxylation is 2. The molecule has 1 amide bonds. The van der Waals surface area contributed by atoms with Crippen molar-refractivity contribution in [3.8, 4) is 0 Å². The molecule has 1 aliphatic rings. The van der Waals surface area contributed by atoms with E-state index in [4.69, 9.17) is 0 Å². The van der Waals surface area contributed by atoms with Gasteiger partial charge in [0.15, 0.2) is 5.78 Å². The molecule has 0 atom stereocenters. The van der Waals surface area contributed by atoms with Crippen LogP contribution in [0.2, 0.25) is 0 Å². The molecule has 2 aromatic rings. The van der Waals surface area contributed by atoms with Crippen LogP contribution >= 0.6 is 0 Å². The van der Waals surface area contributed by atoms with E-state index in [1.807, 2.05) is 24.8 Å². The van der Waals surface area contributed by atoms with Crippen LogP contribution < -0.4 is 5.32 Å². The Morgan fingerprint density at radius 2 is 1.96 bits per heavy atom. The second-order valence-electron chi connectivity index (χ2n) is 6.80. The largest absolute Gasteiger partial charge is 0.354 e. The lowest BCUT2D eigenvalue weighted by atomic mass is 10.1. The number of ketones is 1. The van der Waals surface area contributed by atoms with Gasteiger partial charge < -0.3 is 9.88 Å². The standard InChI is InChI=1S/C20H24FN3O2/c1-14-11-18(19(25)12-23-10-8-22-20(26)13-23)15(2)24(14)9-7-16-3-5-17(21)6-4-16/h3-6,11H,7-10,12-13H2,1-2H3,(H,22,26). The monoisotopic (exact) mass is 357 g/mol. The third kappa shape index (κ3) is 4.19. The number of hydrogen-bond donors (Lipinski definition) is 1. The first-order valence-electron chi connectivity index (χ1n) is 8.87. The maximum atomic E-state index is 13.0. The van der Waals surface area contributed by atoms with Gasteiger partial charge in [0.05, 0.1) is 13.1 Å². The van der Waals surface area contributed by atoms with Crippen molar-refractivity contribution in [1.82, 2.24) is 14.8 Å². The van der Waals surface area contributed by atoms with Crippen molar-refractivity contribution in [3.05, 3.63) is 58.7 Å². The first kappa shape index (κ1) is 18.3. The molecule has 2 heterocycles. The summed E-state index contributed by atoms with van der Waals surface area (Å²) < 4.78 is 15.1. The van der Waals surface area contributed by atoms with Gasteiger partial charge >= 0.3 is 0 Å². The van der Waals surface area contributed by atoms with Gasteiger partial charge in [0.2, 0.25) is 5.91 Å².